The summed E-state index contributed by atoms with van der Waals surface area (Å²) in [6, 6.07) is 46.9. The molecular formula is C65H67N4O18PS2. The van der Waals surface area contributed by atoms with Crippen molar-refractivity contribution in [1.29, 1.82) is 0 Å². The molecule has 2 fully saturated rings. The molecule has 0 aliphatic carbocycles. The van der Waals surface area contributed by atoms with Crippen LogP contribution in [0, 0.1) is 13.8 Å². The summed E-state index contributed by atoms with van der Waals surface area (Å²) < 4.78 is 81.3. The van der Waals surface area contributed by atoms with Gasteiger partial charge in [0.2, 0.25) is 5.79 Å². The molecule has 2 aliphatic rings. The van der Waals surface area contributed by atoms with E-state index in [1.807, 2.05) is 109 Å². The third kappa shape index (κ3) is 13.6. The topological polar surface area (TPSA) is 277 Å². The highest BCUT2D eigenvalue weighted by atomic mass is 32.7. The third-order valence-corrected chi connectivity index (χ3v) is 20.7. The number of hydrogen-bond donors (Lipinski definition) is 4. The Kier molecular flexibility index (Phi) is 20.1. The Morgan fingerprint density at radius 1 is 0.633 bits per heavy atom. The van der Waals surface area contributed by atoms with Crippen LogP contribution in [0.1, 0.15) is 76.7 Å². The molecule has 2 unspecified atom stereocenters. The Labute approximate surface area is 525 Å². The average Bonchev–Trinajstić information content (AvgIpc) is 0.853. The number of methoxy groups -OCH3 is 4. The van der Waals surface area contributed by atoms with Gasteiger partial charge in [-0.2, -0.15) is 0 Å². The van der Waals surface area contributed by atoms with Gasteiger partial charge < -0.3 is 48.1 Å². The third-order valence-electron chi connectivity index (χ3n) is 15.7. The largest absolute Gasteiger partial charge is 0.497 e. The fraction of sp³-hybridized carbons (Fsp3) is 0.308. The second-order valence-electron chi connectivity index (χ2n) is 21.3. The van der Waals surface area contributed by atoms with Crippen molar-refractivity contribution in [2.24, 2.45) is 0 Å². The van der Waals surface area contributed by atoms with E-state index in [1.165, 1.54) is 61.6 Å². The molecule has 8 atom stereocenters. The van der Waals surface area contributed by atoms with Crippen LogP contribution in [0.4, 0.5) is 0 Å². The number of aliphatic hydroxyl groups excluding tert-OH is 1. The zero-order chi connectivity index (χ0) is 64.0. The van der Waals surface area contributed by atoms with E-state index in [2.05, 4.69) is 9.97 Å². The molecule has 2 aromatic heterocycles. The van der Waals surface area contributed by atoms with E-state index >= 15 is 4.57 Å². The van der Waals surface area contributed by atoms with Crippen LogP contribution in [0.25, 0.3) is 0 Å². The molecule has 10 rings (SSSR count). The fourth-order valence-corrected chi connectivity index (χ4v) is 16.3. The maximum absolute atomic E-state index is 16.2. The minimum atomic E-state index is -5.17. The van der Waals surface area contributed by atoms with Crippen LogP contribution in [0.2, 0.25) is 0 Å². The summed E-state index contributed by atoms with van der Waals surface area (Å²) in [5.74, 6) is -0.638. The van der Waals surface area contributed by atoms with Crippen LogP contribution >= 0.6 is 29.9 Å². The number of H-pyrrole nitrogens is 2. The van der Waals surface area contributed by atoms with Gasteiger partial charge in [-0.3, -0.25) is 42.5 Å². The highest BCUT2D eigenvalue weighted by Gasteiger charge is 2.57. The zero-order valence-corrected chi connectivity index (χ0v) is 52.6. The van der Waals surface area contributed by atoms with E-state index < -0.39 is 101 Å². The minimum Gasteiger partial charge on any atom is -0.497 e. The highest BCUT2D eigenvalue weighted by Crippen LogP contribution is 2.66. The number of nitrogens with zero attached hydrogens (tertiary/aromatic N) is 2. The van der Waals surface area contributed by atoms with Crippen molar-refractivity contribution in [3.63, 3.8) is 0 Å². The molecule has 0 amide bonds. The molecule has 2 aliphatic heterocycles. The Hall–Kier alpha value is -7.84. The molecule has 4 N–H and O–H groups in total. The second-order valence-corrected chi connectivity index (χ2v) is 26.7. The second kappa shape index (κ2) is 27.7. The summed E-state index contributed by atoms with van der Waals surface area (Å²) in [5.41, 5.74) is -2.44. The Balaban J connectivity index is 1.09. The predicted octanol–water partition coefficient (Wildman–Crippen LogP) is 8.82. The number of benzene rings is 6. The van der Waals surface area contributed by atoms with Gasteiger partial charge in [0, 0.05) is 36.9 Å². The Morgan fingerprint density at radius 3 is 1.48 bits per heavy atom. The number of ether oxygens (including phenoxy) is 8. The van der Waals surface area contributed by atoms with Gasteiger partial charge in [-0.15, -0.1) is 0 Å². The number of aromatic amines is 2. The van der Waals surface area contributed by atoms with Crippen molar-refractivity contribution in [3.05, 3.63) is 256 Å². The Morgan fingerprint density at radius 2 is 1.04 bits per heavy atom. The molecule has 90 heavy (non-hydrogen) atoms. The summed E-state index contributed by atoms with van der Waals surface area (Å²) in [7, 11) is 6.14. The predicted molar refractivity (Wildman–Crippen MR) is 336 cm³/mol. The van der Waals surface area contributed by atoms with Gasteiger partial charge in [0.15, 0.2) is 11.4 Å². The van der Waals surface area contributed by atoms with Crippen molar-refractivity contribution in [3.8, 4) is 23.0 Å². The zero-order valence-electron chi connectivity index (χ0n) is 50.0. The minimum absolute atomic E-state index is 0.111. The van der Waals surface area contributed by atoms with Gasteiger partial charge in [-0.05, 0) is 107 Å². The van der Waals surface area contributed by atoms with Crippen molar-refractivity contribution >= 4 is 35.1 Å². The number of carbonyl (C=O) groups excluding carboxylic acids is 1. The SMILES string of the molecule is COc1ccc(C(OC[C@H]2O[C@@H](n3cc(C)c(=O)[nH]c3=O)C[C@]2(O)OP(=O)(OC(O)[C@H]2O[C@@H](n3cc(C)c(=O)[nH]c3=O)C[C@@H]2OC(c2ccccc2)(c2ccc(OC)cc2)c2ccc(OC)cc2)SCSC(C)=O)(c2ccccc2)c2ccc(OC)cc2)cc1. The van der Waals surface area contributed by atoms with Gasteiger partial charge >= 0.3 is 18.2 Å². The normalized spacial score (nSPS) is 20.3. The maximum atomic E-state index is 16.2. The van der Waals surface area contributed by atoms with Crippen LogP contribution in [-0.2, 0) is 48.6 Å². The van der Waals surface area contributed by atoms with Gasteiger partial charge in [0.05, 0.1) is 52.7 Å². The lowest BCUT2D eigenvalue weighted by atomic mass is 9.79. The molecule has 2 saturated heterocycles. The van der Waals surface area contributed by atoms with Crippen molar-refractivity contribution < 1.29 is 66.5 Å². The van der Waals surface area contributed by atoms with E-state index in [1.54, 1.807) is 48.5 Å². The van der Waals surface area contributed by atoms with Crippen molar-refractivity contribution in [2.75, 3.05) is 40.1 Å². The first-order chi connectivity index (χ1) is 43.2. The summed E-state index contributed by atoms with van der Waals surface area (Å²) >= 11 is 1.18. The lowest BCUT2D eigenvalue weighted by molar-refractivity contribution is -0.211. The van der Waals surface area contributed by atoms with Crippen molar-refractivity contribution in [2.45, 2.75) is 87.7 Å². The highest BCUT2D eigenvalue weighted by molar-refractivity contribution is 8.58. The standard InChI is InChI=1S/C65H67N4O18PS2/c1-40-36-68(61(74)66-58(40)71)55-34-53(85-65(44-16-12-9-13-17-44,47-22-30-51(80-6)31-23-47)48-24-32-52(81-7)33-25-48)57(84-55)60(73)86-88(77,90-39-89-42(3)70)87-63(76)35-56(69-37-41(2)59(72)67-62(69)75)83-54(63)38-82-64(43-14-10-8-11-15-43,45-18-26-49(78-4)27-19-45)46-20-28-50(79-5)29-21-46/h8-33,36-37,53-57,60,73,76H,34-35,38-39H2,1-7H3,(H,66,71,74)(H,67,72,75)/t53-,54+,55+,56+,57-,60?,63-,88?/m0/s1. The summed E-state index contributed by atoms with van der Waals surface area (Å²) in [6.07, 6.45) is -8.15. The summed E-state index contributed by atoms with van der Waals surface area (Å²) in [5, 5.41) is 25.5. The van der Waals surface area contributed by atoms with E-state index in [0.717, 1.165) is 20.9 Å². The molecule has 22 nitrogen and oxygen atoms in total. The van der Waals surface area contributed by atoms with Gasteiger partial charge in [-0.25, -0.2) is 14.2 Å². The molecule has 25 heteroatoms. The molecule has 0 spiro atoms. The molecule has 0 radical (unpaired) electrons. The van der Waals surface area contributed by atoms with E-state index in [9.17, 15) is 34.2 Å². The summed E-state index contributed by atoms with van der Waals surface area (Å²) in [4.78, 5) is 70.2. The molecule has 8 aromatic rings. The quantitative estimate of drug-likeness (QED) is 0.0236. The maximum Gasteiger partial charge on any atom is 0.394 e. The number of hydrogen-bond acceptors (Lipinski definition) is 20. The number of aromatic nitrogens is 4. The van der Waals surface area contributed by atoms with Crippen LogP contribution < -0.4 is 41.4 Å². The van der Waals surface area contributed by atoms with Gasteiger partial charge in [0.1, 0.15) is 58.9 Å². The average molecular weight is 1290 g/mol. The number of nitrogens with one attached hydrogen (secondary N) is 2. The Bertz CT molecular complexity index is 3990. The summed E-state index contributed by atoms with van der Waals surface area (Å²) in [6.45, 7) is -1.51. The first kappa shape index (κ1) is 65.1. The lowest BCUT2D eigenvalue weighted by Crippen LogP contribution is -2.46. The van der Waals surface area contributed by atoms with Crippen LogP contribution in [0.3, 0.4) is 0 Å². The smallest absolute Gasteiger partial charge is 0.394 e. The first-order valence-corrected chi connectivity index (χ1v) is 32.5. The van der Waals surface area contributed by atoms with Crippen LogP contribution in [0.15, 0.2) is 189 Å². The number of aryl methyl sites for hydroxylation is 2. The van der Waals surface area contributed by atoms with E-state index in [4.69, 9.17) is 46.9 Å². The molecule has 0 bridgehead atoms. The number of thioether (sulfide) groups is 1. The molecule has 472 valence electrons. The van der Waals surface area contributed by atoms with E-state index in [0.29, 0.717) is 67.8 Å². The van der Waals surface area contributed by atoms with Crippen LogP contribution in [0.5, 0.6) is 23.0 Å². The number of carbonyl (C=O) groups is 1. The molecule has 6 aromatic carbocycles. The van der Waals surface area contributed by atoms with Crippen molar-refractivity contribution in [1.82, 2.24) is 19.1 Å². The fourth-order valence-electron chi connectivity index (χ4n) is 11.1. The van der Waals surface area contributed by atoms with Gasteiger partial charge in [-0.1, -0.05) is 121 Å². The molecular weight excluding hydrogens is 1220 g/mol. The van der Waals surface area contributed by atoms with E-state index in [-0.39, 0.29) is 22.6 Å². The monoisotopic (exact) mass is 1290 g/mol. The first-order valence-electron chi connectivity index (χ1n) is 28.4. The van der Waals surface area contributed by atoms with Gasteiger partial charge in [0.25, 0.3) is 11.1 Å². The van der Waals surface area contributed by atoms with Crippen LogP contribution in [-0.4, -0.2) is 105 Å². The molecule has 0 saturated carbocycles. The number of rotatable bonds is 25. The lowest BCUT2D eigenvalue weighted by Gasteiger charge is -2.40. The molecule has 4 heterocycles. The number of aliphatic hydroxyl groups is 2.